The fraction of sp³-hybridized carbons (Fsp3) is 0.267. The molecule has 1 aromatic heterocycles. The van der Waals surface area contributed by atoms with Crippen LogP contribution >= 0.6 is 15.9 Å². The van der Waals surface area contributed by atoms with Gasteiger partial charge >= 0.3 is 5.97 Å². The van der Waals surface area contributed by atoms with E-state index >= 15 is 0 Å². The molecule has 5 nitrogen and oxygen atoms in total. The first-order valence-electron chi connectivity index (χ1n) is 6.45. The number of hydrogen-bond donors (Lipinski definition) is 1. The number of carbonyl (C=O) groups excluding carboxylic acids is 1. The molecule has 110 valence electrons. The molecule has 21 heavy (non-hydrogen) atoms. The van der Waals surface area contributed by atoms with Gasteiger partial charge in [0.25, 0.3) is 0 Å². The van der Waals surface area contributed by atoms with Crippen LogP contribution in [0.2, 0.25) is 0 Å². The minimum absolute atomic E-state index is 0.0536. The van der Waals surface area contributed by atoms with Gasteiger partial charge in [0.1, 0.15) is 5.82 Å². The third kappa shape index (κ3) is 4.01. The molecule has 0 spiro atoms. The van der Waals surface area contributed by atoms with Crippen LogP contribution in [-0.4, -0.2) is 23.0 Å². The SMILES string of the molecule is COC(=O)c1nc(C)cc(NC(C)c2ccc(Br)cc2)n1. The molecule has 0 saturated carbocycles. The predicted octanol–water partition coefficient (Wildman–Crippen LogP) is 3.51. The van der Waals surface area contributed by atoms with Gasteiger partial charge in [0.15, 0.2) is 0 Å². The predicted molar refractivity (Wildman–Crippen MR) is 84.3 cm³/mol. The Bertz CT molecular complexity index is 644. The van der Waals surface area contributed by atoms with Crippen LogP contribution in [0.5, 0.6) is 0 Å². The Morgan fingerprint density at radius 1 is 1.29 bits per heavy atom. The lowest BCUT2D eigenvalue weighted by Gasteiger charge is -2.15. The van der Waals surface area contributed by atoms with Crippen LogP contribution in [0.3, 0.4) is 0 Å². The van der Waals surface area contributed by atoms with Crippen molar-refractivity contribution in [2.45, 2.75) is 19.9 Å². The van der Waals surface area contributed by atoms with E-state index in [1.807, 2.05) is 38.1 Å². The minimum atomic E-state index is -0.543. The molecule has 1 unspecified atom stereocenters. The molecule has 6 heteroatoms. The Balaban J connectivity index is 2.20. The number of carbonyl (C=O) groups is 1. The smallest absolute Gasteiger partial charge is 0.376 e. The summed E-state index contributed by atoms with van der Waals surface area (Å²) in [6, 6.07) is 9.87. The molecule has 0 fully saturated rings. The molecule has 0 radical (unpaired) electrons. The van der Waals surface area contributed by atoms with E-state index in [9.17, 15) is 4.79 Å². The maximum atomic E-state index is 11.5. The number of nitrogens with one attached hydrogen (secondary N) is 1. The average Bonchev–Trinajstić information content (AvgIpc) is 2.46. The van der Waals surface area contributed by atoms with Crippen LogP contribution in [-0.2, 0) is 4.74 Å². The van der Waals surface area contributed by atoms with Gasteiger partial charge in [-0.25, -0.2) is 14.8 Å². The fourth-order valence-electron chi connectivity index (χ4n) is 1.88. The van der Waals surface area contributed by atoms with Crippen molar-refractivity contribution in [3.8, 4) is 0 Å². The molecular formula is C15H16BrN3O2. The summed E-state index contributed by atoms with van der Waals surface area (Å²) in [5.41, 5.74) is 1.82. The van der Waals surface area contributed by atoms with Crippen molar-refractivity contribution in [1.82, 2.24) is 9.97 Å². The second kappa shape index (κ2) is 6.67. The Morgan fingerprint density at radius 2 is 1.95 bits per heavy atom. The molecule has 0 bridgehead atoms. The van der Waals surface area contributed by atoms with Crippen molar-refractivity contribution >= 4 is 27.7 Å². The van der Waals surface area contributed by atoms with Crippen molar-refractivity contribution < 1.29 is 9.53 Å². The van der Waals surface area contributed by atoms with E-state index in [0.29, 0.717) is 11.5 Å². The lowest BCUT2D eigenvalue weighted by molar-refractivity contribution is 0.0586. The number of benzene rings is 1. The molecule has 0 saturated heterocycles. The zero-order chi connectivity index (χ0) is 15.4. The van der Waals surface area contributed by atoms with Crippen LogP contribution in [0.15, 0.2) is 34.8 Å². The average molecular weight is 350 g/mol. The fourth-order valence-corrected chi connectivity index (χ4v) is 2.15. The normalized spacial score (nSPS) is 11.8. The van der Waals surface area contributed by atoms with Crippen molar-refractivity contribution in [3.63, 3.8) is 0 Å². The van der Waals surface area contributed by atoms with Crippen LogP contribution in [0.4, 0.5) is 5.82 Å². The topological polar surface area (TPSA) is 64.1 Å². The summed E-state index contributed by atoms with van der Waals surface area (Å²) in [5.74, 6) is 0.111. The number of ether oxygens (including phenoxy) is 1. The van der Waals surface area contributed by atoms with Crippen LogP contribution in [0.1, 0.15) is 34.8 Å². The maximum absolute atomic E-state index is 11.5. The number of halogens is 1. The highest BCUT2D eigenvalue weighted by atomic mass is 79.9. The first-order valence-corrected chi connectivity index (χ1v) is 7.25. The van der Waals surface area contributed by atoms with E-state index in [0.717, 1.165) is 10.0 Å². The zero-order valence-corrected chi connectivity index (χ0v) is 13.6. The Morgan fingerprint density at radius 3 is 2.57 bits per heavy atom. The van der Waals surface area contributed by atoms with Gasteiger partial charge in [-0.1, -0.05) is 28.1 Å². The summed E-state index contributed by atoms with van der Waals surface area (Å²) < 4.78 is 5.68. The van der Waals surface area contributed by atoms with Gasteiger partial charge in [-0.15, -0.1) is 0 Å². The largest absolute Gasteiger partial charge is 0.463 e. The highest BCUT2D eigenvalue weighted by molar-refractivity contribution is 9.10. The lowest BCUT2D eigenvalue weighted by Crippen LogP contribution is -2.13. The van der Waals surface area contributed by atoms with Gasteiger partial charge in [-0.3, -0.25) is 0 Å². The molecule has 0 aliphatic rings. The zero-order valence-electron chi connectivity index (χ0n) is 12.1. The molecule has 1 atom stereocenters. The molecule has 0 amide bonds. The first-order chi connectivity index (χ1) is 9.99. The number of methoxy groups -OCH3 is 1. The summed E-state index contributed by atoms with van der Waals surface area (Å²) >= 11 is 3.41. The Hall–Kier alpha value is -1.95. The van der Waals surface area contributed by atoms with Gasteiger partial charge < -0.3 is 10.1 Å². The number of hydrogen-bond acceptors (Lipinski definition) is 5. The maximum Gasteiger partial charge on any atom is 0.376 e. The summed E-state index contributed by atoms with van der Waals surface area (Å²) in [6.07, 6.45) is 0. The third-order valence-corrected chi connectivity index (χ3v) is 3.49. The second-order valence-electron chi connectivity index (χ2n) is 4.63. The van der Waals surface area contributed by atoms with Gasteiger partial charge in [0, 0.05) is 22.3 Å². The highest BCUT2D eigenvalue weighted by Gasteiger charge is 2.13. The summed E-state index contributed by atoms with van der Waals surface area (Å²) in [4.78, 5) is 19.8. The molecule has 2 aromatic rings. The number of aryl methyl sites for hydroxylation is 1. The van der Waals surface area contributed by atoms with Gasteiger partial charge in [0.05, 0.1) is 7.11 Å². The summed E-state index contributed by atoms with van der Waals surface area (Å²) in [6.45, 7) is 3.84. The van der Waals surface area contributed by atoms with Gasteiger partial charge in [-0.05, 0) is 31.5 Å². The monoisotopic (exact) mass is 349 g/mol. The third-order valence-electron chi connectivity index (χ3n) is 2.96. The van der Waals surface area contributed by atoms with Crippen LogP contribution < -0.4 is 5.32 Å². The quantitative estimate of drug-likeness (QED) is 0.855. The molecule has 1 heterocycles. The van der Waals surface area contributed by atoms with E-state index in [4.69, 9.17) is 0 Å². The van der Waals surface area contributed by atoms with E-state index in [2.05, 4.69) is 36.0 Å². The molecule has 0 aliphatic heterocycles. The molecule has 2 rings (SSSR count). The standard InChI is InChI=1S/C15H16BrN3O2/c1-9-8-13(19-14(17-9)15(20)21-3)18-10(2)11-4-6-12(16)7-5-11/h4-8,10H,1-3H3,(H,17,18,19). The number of esters is 1. The van der Waals surface area contributed by atoms with Crippen molar-refractivity contribution in [1.29, 1.82) is 0 Å². The van der Waals surface area contributed by atoms with Crippen molar-refractivity contribution in [2.24, 2.45) is 0 Å². The van der Waals surface area contributed by atoms with E-state index < -0.39 is 5.97 Å². The first kappa shape index (κ1) is 15.4. The summed E-state index contributed by atoms with van der Waals surface area (Å²) in [7, 11) is 1.31. The number of nitrogens with zero attached hydrogens (tertiary/aromatic N) is 2. The van der Waals surface area contributed by atoms with Crippen molar-refractivity contribution in [3.05, 3.63) is 51.9 Å². The molecule has 1 N–H and O–H groups in total. The molecule has 0 aliphatic carbocycles. The van der Waals surface area contributed by atoms with E-state index in [-0.39, 0.29) is 11.9 Å². The minimum Gasteiger partial charge on any atom is -0.463 e. The van der Waals surface area contributed by atoms with Gasteiger partial charge in [-0.2, -0.15) is 0 Å². The second-order valence-corrected chi connectivity index (χ2v) is 5.54. The highest BCUT2D eigenvalue weighted by Crippen LogP contribution is 2.20. The van der Waals surface area contributed by atoms with Crippen LogP contribution in [0, 0.1) is 6.92 Å². The summed E-state index contributed by atoms with van der Waals surface area (Å²) in [5, 5.41) is 3.26. The number of aromatic nitrogens is 2. The van der Waals surface area contributed by atoms with Gasteiger partial charge in [0.2, 0.25) is 5.82 Å². The van der Waals surface area contributed by atoms with Crippen LogP contribution in [0.25, 0.3) is 0 Å². The number of rotatable bonds is 4. The molecule has 1 aromatic carbocycles. The lowest BCUT2D eigenvalue weighted by atomic mass is 10.1. The Labute approximate surface area is 131 Å². The van der Waals surface area contributed by atoms with E-state index in [1.54, 1.807) is 6.07 Å². The number of anilines is 1. The van der Waals surface area contributed by atoms with Crippen molar-refractivity contribution in [2.75, 3.05) is 12.4 Å². The molecular weight excluding hydrogens is 334 g/mol. The van der Waals surface area contributed by atoms with E-state index in [1.165, 1.54) is 7.11 Å². The Kier molecular flexibility index (Phi) is 4.90.